The highest BCUT2D eigenvalue weighted by Crippen LogP contribution is 2.22. The third-order valence-corrected chi connectivity index (χ3v) is 1.98. The van der Waals surface area contributed by atoms with E-state index in [1.807, 2.05) is 42.5 Å². The average Bonchev–Trinajstić information content (AvgIpc) is 2.52. The molecule has 1 aliphatic heterocycles. The van der Waals surface area contributed by atoms with E-state index < -0.39 is 0 Å². The molecule has 1 aliphatic rings. The second-order valence-corrected chi connectivity index (χ2v) is 3.03. The average molecular weight is 186 g/mol. The minimum absolute atomic E-state index is 0.184. The zero-order valence-electron chi connectivity index (χ0n) is 7.64. The van der Waals surface area contributed by atoms with Crippen LogP contribution < -0.4 is 4.74 Å². The van der Waals surface area contributed by atoms with E-state index in [0.717, 1.165) is 5.56 Å². The summed E-state index contributed by atoms with van der Waals surface area (Å²) in [6, 6.07) is 15.1. The van der Waals surface area contributed by atoms with Crippen LogP contribution in [-0.2, 0) is 11.2 Å². The topological polar surface area (TPSA) is 26.3 Å². The molecule has 0 saturated carbocycles. The van der Waals surface area contributed by atoms with Crippen molar-refractivity contribution >= 4 is 5.97 Å². The summed E-state index contributed by atoms with van der Waals surface area (Å²) in [4.78, 5) is 11.0. The lowest BCUT2D eigenvalue weighted by Gasteiger charge is -1.89. The van der Waals surface area contributed by atoms with E-state index in [0.29, 0.717) is 12.2 Å². The van der Waals surface area contributed by atoms with Crippen LogP contribution in [0.2, 0.25) is 0 Å². The molecule has 0 spiro atoms. The third kappa shape index (κ3) is 1.91. The van der Waals surface area contributed by atoms with Crippen molar-refractivity contribution in [3.05, 3.63) is 54.1 Å². The molecule has 0 aromatic heterocycles. The van der Waals surface area contributed by atoms with Crippen LogP contribution in [0.5, 0.6) is 5.75 Å². The van der Waals surface area contributed by atoms with Gasteiger partial charge in [-0.2, -0.15) is 0 Å². The van der Waals surface area contributed by atoms with Crippen molar-refractivity contribution in [2.24, 2.45) is 0 Å². The standard InChI is InChI=1S/C12H10O2/c13-12-9-10-7-5-3-1-2-4-6-8-11(10)14-12/h1-8H,9H2. The molecule has 1 heterocycles. The number of carbonyl (C=O) groups excluding carboxylic acids is 1. The number of rotatable bonds is 0. The Morgan fingerprint density at radius 2 is 1.57 bits per heavy atom. The Morgan fingerprint density at radius 1 is 0.929 bits per heavy atom. The van der Waals surface area contributed by atoms with Gasteiger partial charge in [-0.05, 0) is 6.07 Å². The number of esters is 1. The molecule has 2 rings (SSSR count). The summed E-state index contributed by atoms with van der Waals surface area (Å²) < 4.78 is 5.04. The van der Waals surface area contributed by atoms with Gasteiger partial charge in [-0.25, -0.2) is 0 Å². The Morgan fingerprint density at radius 3 is 2.36 bits per heavy atom. The second-order valence-electron chi connectivity index (χ2n) is 3.03. The fraction of sp³-hybridized carbons (Fsp3) is 0.0833. The van der Waals surface area contributed by atoms with Gasteiger partial charge in [-0.15, -0.1) is 0 Å². The maximum Gasteiger partial charge on any atom is 0.315 e. The fourth-order valence-electron chi connectivity index (χ4n) is 1.32. The normalized spacial score (nSPS) is 12.7. The summed E-state index contributed by atoms with van der Waals surface area (Å²) in [5.41, 5.74) is 0.936. The van der Waals surface area contributed by atoms with Gasteiger partial charge in [0.2, 0.25) is 0 Å². The van der Waals surface area contributed by atoms with Crippen LogP contribution in [0.1, 0.15) is 5.56 Å². The molecule has 1 aromatic rings. The zero-order valence-corrected chi connectivity index (χ0v) is 7.64. The monoisotopic (exact) mass is 186 g/mol. The van der Waals surface area contributed by atoms with E-state index >= 15 is 0 Å². The molecule has 0 bridgehead atoms. The van der Waals surface area contributed by atoms with Crippen LogP contribution >= 0.6 is 0 Å². The zero-order chi connectivity index (χ0) is 9.80. The van der Waals surface area contributed by atoms with E-state index in [4.69, 9.17) is 4.74 Å². The summed E-state index contributed by atoms with van der Waals surface area (Å²) in [5.74, 6) is 0.475. The Kier molecular flexibility index (Phi) is 2.45. The Bertz CT molecular complexity index is 371. The van der Waals surface area contributed by atoms with Crippen molar-refractivity contribution in [2.75, 3.05) is 0 Å². The molecule has 0 aliphatic carbocycles. The number of fused-ring (bicyclic) bond motifs is 1. The van der Waals surface area contributed by atoms with Crippen LogP contribution in [0.4, 0.5) is 0 Å². The predicted molar refractivity (Wildman–Crippen MR) is 53.4 cm³/mol. The summed E-state index contributed by atoms with van der Waals surface area (Å²) >= 11 is 0. The van der Waals surface area contributed by atoms with E-state index in [9.17, 15) is 4.79 Å². The fourth-order valence-corrected chi connectivity index (χ4v) is 1.32. The van der Waals surface area contributed by atoms with Crippen LogP contribution in [0.25, 0.3) is 0 Å². The third-order valence-electron chi connectivity index (χ3n) is 1.98. The van der Waals surface area contributed by atoms with Gasteiger partial charge >= 0.3 is 5.97 Å². The van der Waals surface area contributed by atoms with Gasteiger partial charge in [0.1, 0.15) is 5.75 Å². The molecule has 0 radical (unpaired) electrons. The van der Waals surface area contributed by atoms with Crippen molar-refractivity contribution in [1.29, 1.82) is 0 Å². The first kappa shape index (κ1) is 8.75. The van der Waals surface area contributed by atoms with E-state index in [1.165, 1.54) is 0 Å². The largest absolute Gasteiger partial charge is 0.426 e. The second kappa shape index (κ2) is 3.92. The Balaban J connectivity index is 2.54. The molecule has 0 atom stereocenters. The lowest BCUT2D eigenvalue weighted by Crippen LogP contribution is -2.00. The molecule has 14 heavy (non-hydrogen) atoms. The van der Waals surface area contributed by atoms with Crippen molar-refractivity contribution < 1.29 is 9.53 Å². The molecular weight excluding hydrogens is 176 g/mol. The molecule has 0 amide bonds. The molecule has 70 valence electrons. The van der Waals surface area contributed by atoms with Crippen molar-refractivity contribution in [3.8, 4) is 5.75 Å². The minimum Gasteiger partial charge on any atom is -0.426 e. The number of ether oxygens (including phenoxy) is 1. The van der Waals surface area contributed by atoms with E-state index in [2.05, 4.69) is 0 Å². The molecule has 2 nitrogen and oxygen atoms in total. The maximum absolute atomic E-state index is 11.0. The summed E-state index contributed by atoms with van der Waals surface area (Å²) in [5, 5.41) is 0. The first-order chi connectivity index (χ1) is 6.86. The van der Waals surface area contributed by atoms with Crippen LogP contribution in [-0.4, -0.2) is 5.97 Å². The number of hydrogen-bond donors (Lipinski definition) is 0. The SMILES string of the molecule is O=C1Cc2ccccccccc2O1. The van der Waals surface area contributed by atoms with Gasteiger partial charge < -0.3 is 4.74 Å². The Labute approximate surface area is 82.5 Å². The molecular formula is C12H10O2. The first-order valence-corrected chi connectivity index (χ1v) is 4.48. The summed E-state index contributed by atoms with van der Waals surface area (Å²) in [7, 11) is 0. The van der Waals surface area contributed by atoms with Crippen molar-refractivity contribution in [1.82, 2.24) is 0 Å². The van der Waals surface area contributed by atoms with E-state index in [1.54, 1.807) is 6.07 Å². The molecule has 1 aromatic carbocycles. The lowest BCUT2D eigenvalue weighted by molar-refractivity contribution is -0.131. The highest BCUT2D eigenvalue weighted by atomic mass is 16.5. The van der Waals surface area contributed by atoms with Gasteiger partial charge in [0, 0.05) is 5.56 Å². The quantitative estimate of drug-likeness (QED) is 0.581. The van der Waals surface area contributed by atoms with Gasteiger partial charge in [0.05, 0.1) is 6.42 Å². The van der Waals surface area contributed by atoms with Gasteiger partial charge in [0.15, 0.2) is 0 Å². The summed E-state index contributed by atoms with van der Waals surface area (Å²) in [6.45, 7) is 0. The minimum atomic E-state index is -0.184. The van der Waals surface area contributed by atoms with Crippen molar-refractivity contribution in [2.45, 2.75) is 6.42 Å². The predicted octanol–water partition coefficient (Wildman–Crippen LogP) is 2.27. The molecule has 0 unspecified atom stereocenters. The smallest absolute Gasteiger partial charge is 0.315 e. The molecule has 0 fully saturated rings. The molecule has 0 saturated heterocycles. The number of carbonyl (C=O) groups is 1. The lowest BCUT2D eigenvalue weighted by atomic mass is 10.2. The number of hydrogen-bond acceptors (Lipinski definition) is 2. The van der Waals surface area contributed by atoms with Gasteiger partial charge in [-0.3, -0.25) is 4.79 Å². The summed E-state index contributed by atoms with van der Waals surface area (Å²) in [6.07, 6.45) is 0.369. The molecule has 0 N–H and O–H groups in total. The Hall–Kier alpha value is -1.83. The van der Waals surface area contributed by atoms with Gasteiger partial charge in [-0.1, -0.05) is 42.5 Å². The molecule has 2 heteroatoms. The highest BCUT2D eigenvalue weighted by molar-refractivity contribution is 5.80. The van der Waals surface area contributed by atoms with Crippen LogP contribution in [0.15, 0.2) is 48.5 Å². The van der Waals surface area contributed by atoms with Crippen LogP contribution in [0, 0.1) is 0 Å². The van der Waals surface area contributed by atoms with Crippen LogP contribution in [0.3, 0.4) is 0 Å². The van der Waals surface area contributed by atoms with E-state index in [-0.39, 0.29) is 5.97 Å². The highest BCUT2D eigenvalue weighted by Gasteiger charge is 2.17. The maximum atomic E-state index is 11.0. The first-order valence-electron chi connectivity index (χ1n) is 4.48. The van der Waals surface area contributed by atoms with Crippen molar-refractivity contribution in [3.63, 3.8) is 0 Å². The van der Waals surface area contributed by atoms with Gasteiger partial charge in [0.25, 0.3) is 0 Å².